The molecule has 1 saturated carbocycles. The Hall–Kier alpha value is -5.37. The number of carbonyl (C=O) groups excluding carboxylic acids is 6. The van der Waals surface area contributed by atoms with Gasteiger partial charge >= 0.3 is 36.2 Å². The molecule has 6 amide bonds. The number of amides is 6. The van der Waals surface area contributed by atoms with Gasteiger partial charge in [0.2, 0.25) is 17.7 Å². The number of carboxylic acid groups (broad SMARTS) is 3. The summed E-state index contributed by atoms with van der Waals surface area (Å²) in [6.07, 6.45) is -0.477. The first-order valence-corrected chi connectivity index (χ1v) is 21.6. The number of aliphatic carboxylic acids is 3. The summed E-state index contributed by atoms with van der Waals surface area (Å²) in [7, 11) is 0. The third-order valence-electron chi connectivity index (χ3n) is 9.43. The van der Waals surface area contributed by atoms with E-state index in [0.29, 0.717) is 19.3 Å². The zero-order valence-corrected chi connectivity index (χ0v) is 38.3. The van der Waals surface area contributed by atoms with E-state index in [2.05, 4.69) is 31.9 Å². The van der Waals surface area contributed by atoms with Crippen LogP contribution in [0, 0.1) is 17.8 Å². The molecule has 0 spiro atoms. The van der Waals surface area contributed by atoms with E-state index >= 15 is 0 Å². The number of carbonyl (C=O) groups is 9. The fourth-order valence-electron chi connectivity index (χ4n) is 6.54. The number of ether oxygens (including phenoxy) is 3. The Bertz CT molecular complexity index is 1380. The van der Waals surface area contributed by atoms with Crippen LogP contribution in [0.25, 0.3) is 0 Å². The van der Waals surface area contributed by atoms with Crippen molar-refractivity contribution in [2.24, 2.45) is 17.8 Å². The van der Waals surface area contributed by atoms with E-state index in [1.165, 1.54) is 0 Å². The SMILES string of the molecule is CC(C)(C)OC(=O)NCCCCC(NC(=O)[C@@H]1CC(C(=O)N[C@@H](CCCCNC(=O)OC(C)(C)C)C(=O)O)C[C@H](C(=O)N[C@@H](CCCCNC(=O)OC(C)(C)C)C(=O)O)C1)C(=O)O. The van der Waals surface area contributed by atoms with Gasteiger partial charge in [-0.2, -0.15) is 0 Å². The fourth-order valence-corrected chi connectivity index (χ4v) is 6.54. The summed E-state index contributed by atoms with van der Waals surface area (Å²) in [5.41, 5.74) is -2.11. The van der Waals surface area contributed by atoms with Crippen molar-refractivity contribution in [3.63, 3.8) is 0 Å². The predicted molar refractivity (Wildman–Crippen MR) is 227 cm³/mol. The van der Waals surface area contributed by atoms with Crippen LogP contribution in [-0.2, 0) is 43.0 Å². The highest BCUT2D eigenvalue weighted by atomic mass is 16.6. The van der Waals surface area contributed by atoms with Crippen molar-refractivity contribution < 1.29 is 72.7 Å². The van der Waals surface area contributed by atoms with E-state index in [-0.39, 0.29) is 77.4 Å². The molecule has 0 aromatic heterocycles. The first-order chi connectivity index (χ1) is 29.1. The second-order valence-electron chi connectivity index (χ2n) is 18.8. The lowest BCUT2D eigenvalue weighted by atomic mass is 9.73. The molecule has 1 fully saturated rings. The van der Waals surface area contributed by atoms with Crippen LogP contribution in [0.4, 0.5) is 14.4 Å². The molecule has 0 heterocycles. The van der Waals surface area contributed by atoms with Crippen LogP contribution in [-0.4, -0.2) is 124 Å². The topological polar surface area (TPSA) is 314 Å². The molecule has 0 saturated heterocycles. The van der Waals surface area contributed by atoms with Crippen LogP contribution in [0.1, 0.15) is 139 Å². The molecule has 1 aliphatic carbocycles. The summed E-state index contributed by atoms with van der Waals surface area (Å²) in [4.78, 5) is 113. The van der Waals surface area contributed by atoms with E-state index in [4.69, 9.17) is 14.2 Å². The Morgan fingerprint density at radius 3 is 0.841 bits per heavy atom. The van der Waals surface area contributed by atoms with Gasteiger partial charge in [-0.05, 0) is 139 Å². The van der Waals surface area contributed by atoms with Crippen LogP contribution in [0.5, 0.6) is 0 Å². The van der Waals surface area contributed by atoms with E-state index in [1.54, 1.807) is 62.3 Å². The minimum atomic E-state index is -1.36. The van der Waals surface area contributed by atoms with Gasteiger partial charge in [0.1, 0.15) is 34.9 Å². The molecular formula is C42H72N6O15. The largest absolute Gasteiger partial charge is 0.480 e. The molecule has 9 N–H and O–H groups in total. The van der Waals surface area contributed by atoms with Crippen molar-refractivity contribution in [1.29, 1.82) is 0 Å². The second-order valence-corrected chi connectivity index (χ2v) is 18.8. The molecule has 0 aromatic rings. The van der Waals surface area contributed by atoms with Crippen LogP contribution in [0.3, 0.4) is 0 Å². The van der Waals surface area contributed by atoms with Crippen LogP contribution in [0.2, 0.25) is 0 Å². The molecule has 63 heavy (non-hydrogen) atoms. The van der Waals surface area contributed by atoms with Gasteiger partial charge in [-0.25, -0.2) is 28.8 Å². The zero-order chi connectivity index (χ0) is 48.1. The maximum Gasteiger partial charge on any atom is 0.407 e. The number of hydrogen-bond donors (Lipinski definition) is 9. The number of hydrogen-bond acceptors (Lipinski definition) is 12. The number of rotatable bonds is 24. The lowest BCUT2D eigenvalue weighted by Crippen LogP contribution is -2.51. The summed E-state index contributed by atoms with van der Waals surface area (Å²) < 4.78 is 15.5. The van der Waals surface area contributed by atoms with Crippen molar-refractivity contribution in [1.82, 2.24) is 31.9 Å². The van der Waals surface area contributed by atoms with Gasteiger partial charge in [0.25, 0.3) is 0 Å². The summed E-state index contributed by atoms with van der Waals surface area (Å²) in [6, 6.07) is -4.08. The minimum absolute atomic E-state index is 0.0151. The summed E-state index contributed by atoms with van der Waals surface area (Å²) in [6.45, 7) is 15.9. The zero-order valence-electron chi connectivity index (χ0n) is 38.3. The molecule has 0 aromatic carbocycles. The summed E-state index contributed by atoms with van der Waals surface area (Å²) >= 11 is 0. The molecule has 2 unspecified atom stereocenters. The van der Waals surface area contributed by atoms with Crippen molar-refractivity contribution in [3.8, 4) is 0 Å². The fraction of sp³-hybridized carbons (Fsp3) is 0.786. The van der Waals surface area contributed by atoms with Gasteiger partial charge in [-0.1, -0.05) is 0 Å². The highest BCUT2D eigenvalue weighted by Gasteiger charge is 2.41. The van der Waals surface area contributed by atoms with E-state index in [1.807, 2.05) is 0 Å². The van der Waals surface area contributed by atoms with Gasteiger partial charge < -0.3 is 61.4 Å². The maximum atomic E-state index is 13.7. The van der Waals surface area contributed by atoms with Crippen molar-refractivity contribution in [3.05, 3.63) is 0 Å². The standard InChI is InChI=1S/C42H72N6O15/c1-40(2,3)61-37(58)43-19-13-10-16-28(34(52)53)46-31(49)25-22-26(32(50)47-29(35(54)55)17-11-14-20-44-38(59)62-41(4,5)6)24-27(23-25)33(51)48-30(36(56)57)18-12-15-21-45-39(60)63-42(7,8)9/h25-30H,10-24H2,1-9H3,(H,43,58)(H,44,59)(H,45,60)(H,46,49)(H,47,50)(H,48,51)(H,52,53)(H,54,55)(H,56,57)/t25-,26?,27?,28-,29-,30?/m0/s1. The normalized spacial score (nSPS) is 18.0. The molecule has 6 atom stereocenters. The molecule has 0 radical (unpaired) electrons. The molecule has 1 rings (SSSR count). The first-order valence-electron chi connectivity index (χ1n) is 21.6. The molecule has 0 aliphatic heterocycles. The number of unbranched alkanes of at least 4 members (excludes halogenated alkanes) is 3. The highest BCUT2D eigenvalue weighted by Crippen LogP contribution is 2.35. The maximum absolute atomic E-state index is 13.7. The summed E-state index contributed by atoms with van der Waals surface area (Å²) in [5, 5.41) is 45.0. The Morgan fingerprint density at radius 1 is 0.429 bits per heavy atom. The predicted octanol–water partition coefficient (Wildman–Crippen LogP) is 3.81. The Labute approximate surface area is 369 Å². The summed E-state index contributed by atoms with van der Waals surface area (Å²) in [5.74, 6) is -9.56. The van der Waals surface area contributed by atoms with Crippen LogP contribution >= 0.6 is 0 Å². The van der Waals surface area contributed by atoms with Crippen LogP contribution in [0.15, 0.2) is 0 Å². The number of carboxylic acids is 3. The van der Waals surface area contributed by atoms with E-state index < -0.39 is 107 Å². The molecule has 21 nitrogen and oxygen atoms in total. The third-order valence-corrected chi connectivity index (χ3v) is 9.43. The monoisotopic (exact) mass is 901 g/mol. The quantitative estimate of drug-likeness (QED) is 0.0491. The third kappa shape index (κ3) is 25.4. The van der Waals surface area contributed by atoms with E-state index in [0.717, 1.165) is 0 Å². The van der Waals surface area contributed by atoms with Crippen molar-refractivity contribution >= 4 is 53.9 Å². The van der Waals surface area contributed by atoms with E-state index in [9.17, 15) is 58.5 Å². The average molecular weight is 901 g/mol. The highest BCUT2D eigenvalue weighted by molar-refractivity contribution is 5.90. The molecular weight excluding hydrogens is 828 g/mol. The number of nitrogens with one attached hydrogen (secondary N) is 6. The molecule has 21 heteroatoms. The van der Waals surface area contributed by atoms with Crippen LogP contribution < -0.4 is 31.9 Å². The Morgan fingerprint density at radius 2 is 0.651 bits per heavy atom. The van der Waals surface area contributed by atoms with Crippen molar-refractivity contribution in [2.75, 3.05) is 19.6 Å². The van der Waals surface area contributed by atoms with Gasteiger partial charge in [-0.15, -0.1) is 0 Å². The number of alkyl carbamates (subject to hydrolysis) is 3. The van der Waals surface area contributed by atoms with Gasteiger partial charge in [-0.3, -0.25) is 14.4 Å². The van der Waals surface area contributed by atoms with Gasteiger partial charge in [0.05, 0.1) is 0 Å². The smallest absolute Gasteiger partial charge is 0.407 e. The molecule has 360 valence electrons. The van der Waals surface area contributed by atoms with Gasteiger partial charge in [0.15, 0.2) is 0 Å². The molecule has 0 bridgehead atoms. The Kier molecular flexibility index (Phi) is 23.2. The Balaban J connectivity index is 3.09. The average Bonchev–Trinajstić information content (AvgIpc) is 3.13. The lowest BCUT2D eigenvalue weighted by molar-refractivity contribution is -0.146. The first kappa shape index (κ1) is 55.6. The lowest BCUT2D eigenvalue weighted by Gasteiger charge is -2.34. The molecule has 1 aliphatic rings. The van der Waals surface area contributed by atoms with Crippen molar-refractivity contribution in [2.45, 2.75) is 174 Å². The second kappa shape index (κ2) is 26.3. The van der Waals surface area contributed by atoms with Gasteiger partial charge in [0, 0.05) is 37.4 Å². The minimum Gasteiger partial charge on any atom is -0.480 e.